The van der Waals surface area contributed by atoms with Gasteiger partial charge in [0.25, 0.3) is 0 Å². The molecule has 1 N–H and O–H groups in total. The molecule has 15 heavy (non-hydrogen) atoms. The highest BCUT2D eigenvalue weighted by Crippen LogP contribution is 2.21. The normalized spacial score (nSPS) is 18.9. The van der Waals surface area contributed by atoms with Crippen molar-refractivity contribution in [2.24, 2.45) is 5.41 Å². The highest BCUT2D eigenvalue weighted by Gasteiger charge is 2.31. The van der Waals surface area contributed by atoms with E-state index in [9.17, 15) is 4.79 Å². The van der Waals surface area contributed by atoms with E-state index in [1.54, 1.807) is 0 Å². The van der Waals surface area contributed by atoms with Gasteiger partial charge in [0.1, 0.15) is 0 Å². The maximum absolute atomic E-state index is 12.2. The summed E-state index contributed by atoms with van der Waals surface area (Å²) < 4.78 is 0. The van der Waals surface area contributed by atoms with E-state index in [0.29, 0.717) is 6.04 Å². The van der Waals surface area contributed by atoms with Gasteiger partial charge in [0.15, 0.2) is 0 Å². The lowest BCUT2D eigenvalue weighted by Crippen LogP contribution is -2.49. The standard InChI is InChI=1S/C12H24N2O/c1-5-14(11(15)12(2,3)4)10-6-8-13-9-7-10/h10,13H,5-9H2,1-4H3. The summed E-state index contributed by atoms with van der Waals surface area (Å²) in [5.74, 6) is 0.289. The smallest absolute Gasteiger partial charge is 0.228 e. The second-order valence-electron chi connectivity index (χ2n) is 5.32. The maximum atomic E-state index is 12.2. The zero-order valence-electron chi connectivity index (χ0n) is 10.5. The Balaban J connectivity index is 2.65. The van der Waals surface area contributed by atoms with Gasteiger partial charge in [0.2, 0.25) is 5.91 Å². The van der Waals surface area contributed by atoms with Crippen LogP contribution in [0, 0.1) is 5.41 Å². The third-order valence-corrected chi connectivity index (χ3v) is 2.99. The van der Waals surface area contributed by atoms with E-state index in [4.69, 9.17) is 0 Å². The Morgan fingerprint density at radius 3 is 2.27 bits per heavy atom. The molecule has 0 spiro atoms. The van der Waals surface area contributed by atoms with E-state index < -0.39 is 0 Å². The third-order valence-electron chi connectivity index (χ3n) is 2.99. The lowest BCUT2D eigenvalue weighted by Gasteiger charge is -2.37. The molecule has 1 heterocycles. The molecule has 0 aromatic rings. The number of carbonyl (C=O) groups is 1. The molecule has 0 unspecified atom stereocenters. The van der Waals surface area contributed by atoms with Gasteiger partial charge < -0.3 is 10.2 Å². The number of nitrogens with zero attached hydrogens (tertiary/aromatic N) is 1. The first kappa shape index (κ1) is 12.5. The molecule has 0 atom stereocenters. The van der Waals surface area contributed by atoms with Crippen LogP contribution in [0.4, 0.5) is 0 Å². The van der Waals surface area contributed by atoms with Crippen molar-refractivity contribution in [2.45, 2.75) is 46.6 Å². The molecule has 1 aliphatic heterocycles. The second-order valence-corrected chi connectivity index (χ2v) is 5.32. The van der Waals surface area contributed by atoms with Crippen molar-refractivity contribution >= 4 is 5.91 Å². The number of carbonyl (C=O) groups excluding carboxylic acids is 1. The van der Waals surface area contributed by atoms with Crippen molar-refractivity contribution in [3.05, 3.63) is 0 Å². The van der Waals surface area contributed by atoms with Crippen LogP contribution in [-0.4, -0.2) is 36.5 Å². The molecule has 0 aromatic heterocycles. The average Bonchev–Trinajstić information content (AvgIpc) is 2.19. The lowest BCUT2D eigenvalue weighted by atomic mass is 9.92. The van der Waals surface area contributed by atoms with E-state index in [1.165, 1.54) is 0 Å². The van der Waals surface area contributed by atoms with Crippen LogP contribution in [-0.2, 0) is 4.79 Å². The summed E-state index contributed by atoms with van der Waals surface area (Å²) in [4.78, 5) is 14.3. The molecule has 1 rings (SSSR count). The number of piperidine rings is 1. The summed E-state index contributed by atoms with van der Waals surface area (Å²) in [5, 5.41) is 3.33. The van der Waals surface area contributed by atoms with Crippen LogP contribution in [0.1, 0.15) is 40.5 Å². The van der Waals surface area contributed by atoms with Crippen LogP contribution in [0.3, 0.4) is 0 Å². The Morgan fingerprint density at radius 1 is 1.33 bits per heavy atom. The van der Waals surface area contributed by atoms with Gasteiger partial charge in [0, 0.05) is 18.0 Å². The zero-order chi connectivity index (χ0) is 11.5. The van der Waals surface area contributed by atoms with Crippen LogP contribution < -0.4 is 5.32 Å². The zero-order valence-corrected chi connectivity index (χ0v) is 10.5. The molecule has 0 aromatic carbocycles. The minimum Gasteiger partial charge on any atom is -0.339 e. The highest BCUT2D eigenvalue weighted by molar-refractivity contribution is 5.81. The fraction of sp³-hybridized carbons (Fsp3) is 0.917. The van der Waals surface area contributed by atoms with Crippen molar-refractivity contribution in [1.82, 2.24) is 10.2 Å². The molecule has 88 valence electrons. The summed E-state index contributed by atoms with van der Waals surface area (Å²) in [5.41, 5.74) is -0.249. The summed E-state index contributed by atoms with van der Waals surface area (Å²) in [6.45, 7) is 11.0. The minimum atomic E-state index is -0.249. The number of hydrogen-bond acceptors (Lipinski definition) is 2. The Bertz CT molecular complexity index is 214. The molecule has 1 saturated heterocycles. The topological polar surface area (TPSA) is 32.3 Å². The first-order chi connectivity index (χ1) is 6.96. The van der Waals surface area contributed by atoms with Gasteiger partial charge in [-0.1, -0.05) is 20.8 Å². The predicted molar refractivity (Wildman–Crippen MR) is 62.7 cm³/mol. The maximum Gasteiger partial charge on any atom is 0.228 e. The van der Waals surface area contributed by atoms with Gasteiger partial charge in [-0.15, -0.1) is 0 Å². The first-order valence-corrected chi connectivity index (χ1v) is 5.98. The van der Waals surface area contributed by atoms with Crippen molar-refractivity contribution in [3.63, 3.8) is 0 Å². The van der Waals surface area contributed by atoms with Gasteiger partial charge in [-0.2, -0.15) is 0 Å². The Labute approximate surface area is 93.2 Å². The van der Waals surface area contributed by atoms with Crippen molar-refractivity contribution in [1.29, 1.82) is 0 Å². The molecule has 1 fully saturated rings. The van der Waals surface area contributed by atoms with Crippen LogP contribution in [0.2, 0.25) is 0 Å². The molecule has 0 radical (unpaired) electrons. The third kappa shape index (κ3) is 3.20. The minimum absolute atomic E-state index is 0.249. The van der Waals surface area contributed by atoms with Crippen molar-refractivity contribution < 1.29 is 4.79 Å². The van der Waals surface area contributed by atoms with Crippen LogP contribution >= 0.6 is 0 Å². The van der Waals surface area contributed by atoms with Gasteiger partial charge in [-0.3, -0.25) is 4.79 Å². The van der Waals surface area contributed by atoms with E-state index in [2.05, 4.69) is 17.1 Å². The lowest BCUT2D eigenvalue weighted by molar-refractivity contribution is -0.142. The number of rotatable bonds is 2. The summed E-state index contributed by atoms with van der Waals surface area (Å²) in [7, 11) is 0. The van der Waals surface area contributed by atoms with E-state index in [-0.39, 0.29) is 11.3 Å². The molecule has 1 aliphatic rings. The predicted octanol–water partition coefficient (Wildman–Crippen LogP) is 1.63. The number of hydrogen-bond donors (Lipinski definition) is 1. The van der Waals surface area contributed by atoms with Gasteiger partial charge in [0.05, 0.1) is 0 Å². The number of amides is 1. The molecular weight excluding hydrogens is 188 g/mol. The SMILES string of the molecule is CCN(C(=O)C(C)(C)C)C1CCNCC1. The summed E-state index contributed by atoms with van der Waals surface area (Å²) >= 11 is 0. The van der Waals surface area contributed by atoms with Gasteiger partial charge in [-0.05, 0) is 32.9 Å². The quantitative estimate of drug-likeness (QED) is 0.754. The first-order valence-electron chi connectivity index (χ1n) is 5.98. The molecule has 0 saturated carbocycles. The largest absolute Gasteiger partial charge is 0.339 e. The van der Waals surface area contributed by atoms with Crippen LogP contribution in [0.15, 0.2) is 0 Å². The van der Waals surface area contributed by atoms with Crippen molar-refractivity contribution in [2.75, 3.05) is 19.6 Å². The highest BCUT2D eigenvalue weighted by atomic mass is 16.2. The van der Waals surface area contributed by atoms with Gasteiger partial charge in [-0.25, -0.2) is 0 Å². The number of nitrogens with one attached hydrogen (secondary N) is 1. The summed E-state index contributed by atoms with van der Waals surface area (Å²) in [6.07, 6.45) is 2.19. The Hall–Kier alpha value is -0.570. The summed E-state index contributed by atoms with van der Waals surface area (Å²) in [6, 6.07) is 0.447. The van der Waals surface area contributed by atoms with E-state index in [0.717, 1.165) is 32.5 Å². The fourth-order valence-corrected chi connectivity index (χ4v) is 2.12. The molecule has 1 amide bonds. The second kappa shape index (κ2) is 4.97. The molecular formula is C12H24N2O. The molecule has 0 aliphatic carbocycles. The molecule has 3 nitrogen and oxygen atoms in total. The Kier molecular flexibility index (Phi) is 4.14. The van der Waals surface area contributed by atoms with Crippen molar-refractivity contribution in [3.8, 4) is 0 Å². The average molecular weight is 212 g/mol. The monoisotopic (exact) mass is 212 g/mol. The van der Waals surface area contributed by atoms with Gasteiger partial charge >= 0.3 is 0 Å². The fourth-order valence-electron chi connectivity index (χ4n) is 2.12. The van der Waals surface area contributed by atoms with E-state index >= 15 is 0 Å². The Morgan fingerprint density at radius 2 is 1.87 bits per heavy atom. The molecule has 0 bridgehead atoms. The molecule has 3 heteroatoms. The van der Waals surface area contributed by atoms with E-state index in [1.807, 2.05) is 20.8 Å². The van der Waals surface area contributed by atoms with Crippen LogP contribution in [0.25, 0.3) is 0 Å². The van der Waals surface area contributed by atoms with Crippen LogP contribution in [0.5, 0.6) is 0 Å².